The van der Waals surface area contributed by atoms with Crippen molar-refractivity contribution in [2.45, 2.75) is 38.6 Å². The van der Waals surface area contributed by atoms with Crippen molar-refractivity contribution in [2.75, 3.05) is 0 Å². The van der Waals surface area contributed by atoms with Crippen molar-refractivity contribution in [3.8, 4) is 0 Å². The number of aliphatic carboxylic acids is 1. The van der Waals surface area contributed by atoms with E-state index in [1.807, 2.05) is 0 Å². The van der Waals surface area contributed by atoms with E-state index in [0.29, 0.717) is 24.1 Å². The van der Waals surface area contributed by atoms with E-state index in [0.717, 1.165) is 12.8 Å². The molecule has 1 aliphatic rings. The van der Waals surface area contributed by atoms with Crippen molar-refractivity contribution >= 4 is 5.97 Å². The van der Waals surface area contributed by atoms with Crippen LogP contribution < -0.4 is 11.2 Å². The minimum absolute atomic E-state index is 0.113. The molecule has 6 nitrogen and oxygen atoms in total. The Morgan fingerprint density at radius 2 is 2.00 bits per heavy atom. The van der Waals surface area contributed by atoms with E-state index >= 15 is 0 Å². The van der Waals surface area contributed by atoms with Gasteiger partial charge in [0, 0.05) is 17.8 Å². The van der Waals surface area contributed by atoms with Gasteiger partial charge in [-0.15, -0.1) is 0 Å². The average Bonchev–Trinajstić information content (AvgIpc) is 2.28. The molecule has 0 saturated heterocycles. The molecule has 0 amide bonds. The quantitative estimate of drug-likeness (QED) is 0.768. The lowest BCUT2D eigenvalue weighted by atomic mass is 9.97. The maximum Gasteiger partial charge on any atom is 0.328 e. The van der Waals surface area contributed by atoms with Crippen LogP contribution in [0.5, 0.6) is 0 Å². The summed E-state index contributed by atoms with van der Waals surface area (Å²) in [5.74, 6) is -0.951. The Balaban J connectivity index is 2.46. The summed E-state index contributed by atoms with van der Waals surface area (Å²) < 4.78 is 1.39. The van der Waals surface area contributed by atoms with Crippen molar-refractivity contribution in [3.63, 3.8) is 0 Å². The predicted octanol–water partition coefficient (Wildman–Crippen LogP) is -0.110. The number of hydrogen-bond donors (Lipinski definition) is 2. The standard InChI is InChI=1S/C11H14N2O4/c14-9(15)5-6-13-8-4-2-1-3-7(8)10(16)12-11(13)17/h1-6H2,(H,14,15)(H,12,16,17). The summed E-state index contributed by atoms with van der Waals surface area (Å²) in [7, 11) is 0. The van der Waals surface area contributed by atoms with Crippen LogP contribution in [-0.4, -0.2) is 20.6 Å². The molecule has 0 bridgehead atoms. The zero-order chi connectivity index (χ0) is 12.4. The zero-order valence-corrected chi connectivity index (χ0v) is 9.36. The number of rotatable bonds is 3. The summed E-state index contributed by atoms with van der Waals surface area (Å²) in [5.41, 5.74) is 0.528. The normalized spacial score (nSPS) is 14.4. The van der Waals surface area contributed by atoms with Crippen molar-refractivity contribution < 1.29 is 9.90 Å². The Kier molecular flexibility index (Phi) is 3.12. The van der Waals surface area contributed by atoms with Crippen molar-refractivity contribution in [3.05, 3.63) is 32.1 Å². The van der Waals surface area contributed by atoms with Gasteiger partial charge in [-0.3, -0.25) is 19.1 Å². The van der Waals surface area contributed by atoms with Crippen LogP contribution in [0.3, 0.4) is 0 Å². The topological polar surface area (TPSA) is 92.2 Å². The molecule has 92 valence electrons. The molecule has 0 spiro atoms. The van der Waals surface area contributed by atoms with Gasteiger partial charge in [0.15, 0.2) is 0 Å². The number of fused-ring (bicyclic) bond motifs is 1. The lowest BCUT2D eigenvalue weighted by Crippen LogP contribution is -2.37. The highest BCUT2D eigenvalue weighted by atomic mass is 16.4. The number of nitrogens with zero attached hydrogens (tertiary/aromatic N) is 1. The van der Waals surface area contributed by atoms with Crippen LogP contribution in [0, 0.1) is 0 Å². The SMILES string of the molecule is O=C(O)CCn1c2c(c(=O)[nH]c1=O)CCCC2. The first kappa shape index (κ1) is 11.6. The van der Waals surface area contributed by atoms with Crippen LogP contribution in [0.1, 0.15) is 30.5 Å². The molecule has 0 saturated carbocycles. The van der Waals surface area contributed by atoms with Crippen LogP contribution in [0.2, 0.25) is 0 Å². The minimum Gasteiger partial charge on any atom is -0.481 e. The highest BCUT2D eigenvalue weighted by molar-refractivity contribution is 5.66. The van der Waals surface area contributed by atoms with Gasteiger partial charge in [0.1, 0.15) is 0 Å². The van der Waals surface area contributed by atoms with Gasteiger partial charge in [-0.1, -0.05) is 0 Å². The van der Waals surface area contributed by atoms with E-state index in [1.54, 1.807) is 0 Å². The van der Waals surface area contributed by atoms with Crippen LogP contribution in [0.15, 0.2) is 9.59 Å². The molecule has 1 aromatic rings. The van der Waals surface area contributed by atoms with Crippen molar-refractivity contribution in [2.24, 2.45) is 0 Å². The fraction of sp³-hybridized carbons (Fsp3) is 0.545. The third-order valence-corrected chi connectivity index (χ3v) is 3.05. The number of carbonyl (C=O) groups is 1. The Labute approximate surface area is 96.9 Å². The van der Waals surface area contributed by atoms with Crippen LogP contribution in [0.4, 0.5) is 0 Å². The van der Waals surface area contributed by atoms with E-state index in [4.69, 9.17) is 5.11 Å². The van der Waals surface area contributed by atoms with E-state index in [9.17, 15) is 14.4 Å². The lowest BCUT2D eigenvalue weighted by Gasteiger charge is -2.19. The number of H-pyrrole nitrogens is 1. The number of aromatic nitrogens is 2. The molecule has 0 aliphatic heterocycles. The van der Waals surface area contributed by atoms with E-state index in [2.05, 4.69) is 4.98 Å². The Hall–Kier alpha value is -1.85. The molecule has 6 heteroatoms. The molecule has 2 rings (SSSR count). The van der Waals surface area contributed by atoms with Gasteiger partial charge < -0.3 is 5.11 Å². The lowest BCUT2D eigenvalue weighted by molar-refractivity contribution is -0.137. The summed E-state index contributed by atoms with van der Waals surface area (Å²) in [6.45, 7) is 0.118. The first-order chi connectivity index (χ1) is 8.09. The predicted molar refractivity (Wildman–Crippen MR) is 60.2 cm³/mol. The summed E-state index contributed by atoms with van der Waals surface area (Å²) in [5, 5.41) is 8.64. The van der Waals surface area contributed by atoms with Crippen molar-refractivity contribution in [1.29, 1.82) is 0 Å². The molecule has 0 fully saturated rings. The van der Waals surface area contributed by atoms with Gasteiger partial charge in [0.2, 0.25) is 0 Å². The van der Waals surface area contributed by atoms with E-state index < -0.39 is 11.7 Å². The highest BCUT2D eigenvalue weighted by Crippen LogP contribution is 2.16. The number of carboxylic acids is 1. The summed E-state index contributed by atoms with van der Waals surface area (Å²) in [6.07, 6.45) is 3.10. The molecule has 0 unspecified atom stereocenters. The molecule has 0 aromatic carbocycles. The van der Waals surface area contributed by atoms with Gasteiger partial charge in [-0.25, -0.2) is 4.79 Å². The fourth-order valence-electron chi connectivity index (χ4n) is 2.24. The monoisotopic (exact) mass is 238 g/mol. The maximum absolute atomic E-state index is 11.6. The van der Waals surface area contributed by atoms with Gasteiger partial charge in [-0.2, -0.15) is 0 Å². The second kappa shape index (κ2) is 4.57. The molecule has 1 aliphatic carbocycles. The van der Waals surface area contributed by atoms with Gasteiger partial charge >= 0.3 is 11.7 Å². The van der Waals surface area contributed by atoms with Gasteiger partial charge in [0.25, 0.3) is 5.56 Å². The number of carboxylic acid groups (broad SMARTS) is 1. The molecule has 0 radical (unpaired) electrons. The molecular weight excluding hydrogens is 224 g/mol. The summed E-state index contributed by atoms with van der Waals surface area (Å²) in [4.78, 5) is 36.0. The van der Waals surface area contributed by atoms with Crippen LogP contribution in [-0.2, 0) is 24.2 Å². The Bertz CT molecular complexity index is 556. The number of hydrogen-bond acceptors (Lipinski definition) is 3. The second-order valence-corrected chi connectivity index (χ2v) is 4.19. The Morgan fingerprint density at radius 1 is 1.29 bits per heavy atom. The largest absolute Gasteiger partial charge is 0.481 e. The fourth-order valence-corrected chi connectivity index (χ4v) is 2.24. The van der Waals surface area contributed by atoms with Gasteiger partial charge in [-0.05, 0) is 25.7 Å². The van der Waals surface area contributed by atoms with Crippen LogP contribution in [0.25, 0.3) is 0 Å². The molecule has 1 aromatic heterocycles. The Morgan fingerprint density at radius 3 is 2.71 bits per heavy atom. The van der Waals surface area contributed by atoms with Crippen molar-refractivity contribution in [1.82, 2.24) is 9.55 Å². The molecule has 1 heterocycles. The van der Waals surface area contributed by atoms with Crippen LogP contribution >= 0.6 is 0 Å². The average molecular weight is 238 g/mol. The smallest absolute Gasteiger partial charge is 0.328 e. The zero-order valence-electron chi connectivity index (χ0n) is 9.36. The van der Waals surface area contributed by atoms with E-state index in [1.165, 1.54) is 4.57 Å². The first-order valence-corrected chi connectivity index (χ1v) is 5.66. The minimum atomic E-state index is -0.951. The molecular formula is C11H14N2O4. The summed E-state index contributed by atoms with van der Waals surface area (Å²) in [6, 6.07) is 0. The van der Waals surface area contributed by atoms with Gasteiger partial charge in [0.05, 0.1) is 6.42 Å². The summed E-state index contributed by atoms with van der Waals surface area (Å²) >= 11 is 0. The van der Waals surface area contributed by atoms with E-state index in [-0.39, 0.29) is 18.5 Å². The second-order valence-electron chi connectivity index (χ2n) is 4.19. The third-order valence-electron chi connectivity index (χ3n) is 3.05. The molecule has 0 atom stereocenters. The number of nitrogens with one attached hydrogen (secondary N) is 1. The molecule has 2 N–H and O–H groups in total. The maximum atomic E-state index is 11.6. The highest BCUT2D eigenvalue weighted by Gasteiger charge is 2.18. The number of aromatic amines is 1. The third kappa shape index (κ3) is 2.30. The molecule has 17 heavy (non-hydrogen) atoms. The first-order valence-electron chi connectivity index (χ1n) is 5.66.